The Labute approximate surface area is 142 Å². The molecule has 5 nitrogen and oxygen atoms in total. The topological polar surface area (TPSA) is 72.8 Å². The van der Waals surface area contributed by atoms with E-state index in [1.807, 2.05) is 24.3 Å². The molecule has 1 rings (SSSR count). The molecule has 0 fully saturated rings. The summed E-state index contributed by atoms with van der Waals surface area (Å²) in [6, 6.07) is 7.30. The summed E-state index contributed by atoms with van der Waals surface area (Å²) in [6.07, 6.45) is 8.82. The fourth-order valence-electron chi connectivity index (χ4n) is 2.00. The fraction of sp³-hybridized carbons (Fsp3) is 0.368. The van der Waals surface area contributed by atoms with Gasteiger partial charge in [0.05, 0.1) is 13.2 Å². The van der Waals surface area contributed by atoms with Crippen LogP contribution in [-0.2, 0) is 14.3 Å². The minimum absolute atomic E-state index is 0.368. The molecule has 0 spiro atoms. The molecule has 1 aromatic rings. The van der Waals surface area contributed by atoms with Crippen molar-refractivity contribution >= 4 is 18.0 Å². The van der Waals surface area contributed by atoms with Gasteiger partial charge in [0.25, 0.3) is 0 Å². The van der Waals surface area contributed by atoms with Gasteiger partial charge in [-0.25, -0.2) is 9.59 Å². The molecule has 130 valence electrons. The van der Waals surface area contributed by atoms with Crippen LogP contribution in [0.4, 0.5) is 0 Å². The van der Waals surface area contributed by atoms with E-state index in [2.05, 4.69) is 6.58 Å². The normalized spacial score (nSPS) is 10.5. The Morgan fingerprint density at radius 2 is 1.62 bits per heavy atom. The third-order valence-corrected chi connectivity index (χ3v) is 3.27. The third kappa shape index (κ3) is 9.46. The summed E-state index contributed by atoms with van der Waals surface area (Å²) in [5, 5.41) is 8.56. The first-order valence-corrected chi connectivity index (χ1v) is 8.05. The molecule has 0 heterocycles. The van der Waals surface area contributed by atoms with Gasteiger partial charge in [0, 0.05) is 12.2 Å². The monoisotopic (exact) mass is 332 g/mol. The Hall–Kier alpha value is -2.56. The maximum absolute atomic E-state index is 10.8. The highest BCUT2D eigenvalue weighted by molar-refractivity contribution is 5.85. The number of ether oxygens (including phenoxy) is 2. The number of carboxylic acids is 1. The SMILES string of the molecule is C=CC(=O)OCCCCCCCOc1ccc(C=CC(=O)O)cc1. The van der Waals surface area contributed by atoms with Crippen LogP contribution in [0.25, 0.3) is 6.08 Å². The van der Waals surface area contributed by atoms with Crippen LogP contribution in [-0.4, -0.2) is 30.3 Å². The van der Waals surface area contributed by atoms with Gasteiger partial charge in [-0.2, -0.15) is 0 Å². The molecule has 0 radical (unpaired) electrons. The Balaban J connectivity index is 2.06. The van der Waals surface area contributed by atoms with Crippen LogP contribution in [0.1, 0.15) is 37.7 Å². The number of hydrogen-bond donors (Lipinski definition) is 1. The maximum Gasteiger partial charge on any atom is 0.330 e. The molecular formula is C19H24O5. The first kappa shape index (κ1) is 19.5. The molecule has 0 bridgehead atoms. The van der Waals surface area contributed by atoms with E-state index in [4.69, 9.17) is 14.6 Å². The number of aliphatic carboxylic acids is 1. The molecule has 0 aliphatic carbocycles. The van der Waals surface area contributed by atoms with Crippen LogP contribution < -0.4 is 4.74 Å². The molecule has 24 heavy (non-hydrogen) atoms. The van der Waals surface area contributed by atoms with Gasteiger partial charge in [-0.1, -0.05) is 38.0 Å². The van der Waals surface area contributed by atoms with Crippen molar-refractivity contribution in [3.05, 3.63) is 48.6 Å². The van der Waals surface area contributed by atoms with Gasteiger partial charge in [0.2, 0.25) is 0 Å². The van der Waals surface area contributed by atoms with E-state index >= 15 is 0 Å². The summed E-state index contributed by atoms with van der Waals surface area (Å²) in [5.74, 6) is -0.555. The zero-order chi connectivity index (χ0) is 17.6. The summed E-state index contributed by atoms with van der Waals surface area (Å²) in [5.41, 5.74) is 0.821. The smallest absolute Gasteiger partial charge is 0.330 e. The highest BCUT2D eigenvalue weighted by atomic mass is 16.5. The number of esters is 1. The van der Waals surface area contributed by atoms with Crippen molar-refractivity contribution in [3.63, 3.8) is 0 Å². The van der Waals surface area contributed by atoms with Crippen molar-refractivity contribution in [2.75, 3.05) is 13.2 Å². The van der Waals surface area contributed by atoms with Gasteiger partial charge in [-0.3, -0.25) is 0 Å². The molecule has 0 aliphatic rings. The second kappa shape index (κ2) is 11.9. The highest BCUT2D eigenvalue weighted by Crippen LogP contribution is 2.14. The largest absolute Gasteiger partial charge is 0.494 e. The van der Waals surface area contributed by atoms with Crippen LogP contribution in [0, 0.1) is 0 Å². The zero-order valence-corrected chi connectivity index (χ0v) is 13.8. The van der Waals surface area contributed by atoms with Gasteiger partial charge in [-0.15, -0.1) is 0 Å². The van der Waals surface area contributed by atoms with Crippen molar-refractivity contribution in [1.29, 1.82) is 0 Å². The second-order valence-electron chi connectivity index (χ2n) is 5.23. The fourth-order valence-corrected chi connectivity index (χ4v) is 2.00. The van der Waals surface area contributed by atoms with Crippen molar-refractivity contribution in [2.24, 2.45) is 0 Å². The molecule has 0 saturated carbocycles. The summed E-state index contributed by atoms with van der Waals surface area (Å²) in [6.45, 7) is 4.44. The van der Waals surface area contributed by atoms with E-state index in [1.54, 1.807) is 6.08 Å². The lowest BCUT2D eigenvalue weighted by molar-refractivity contribution is -0.138. The van der Waals surface area contributed by atoms with Gasteiger partial charge >= 0.3 is 11.9 Å². The van der Waals surface area contributed by atoms with Crippen LogP contribution >= 0.6 is 0 Å². The number of rotatable bonds is 12. The van der Waals surface area contributed by atoms with Crippen molar-refractivity contribution in [3.8, 4) is 5.75 Å². The van der Waals surface area contributed by atoms with Crippen molar-refractivity contribution in [1.82, 2.24) is 0 Å². The molecule has 1 N–H and O–H groups in total. The minimum atomic E-state index is -0.964. The van der Waals surface area contributed by atoms with E-state index in [-0.39, 0.29) is 5.97 Å². The van der Waals surface area contributed by atoms with E-state index in [0.29, 0.717) is 13.2 Å². The number of benzene rings is 1. The van der Waals surface area contributed by atoms with Gasteiger partial charge in [0.1, 0.15) is 5.75 Å². The van der Waals surface area contributed by atoms with Crippen molar-refractivity contribution < 1.29 is 24.2 Å². The Morgan fingerprint density at radius 3 is 2.25 bits per heavy atom. The number of carboxylic acid groups (broad SMARTS) is 1. The van der Waals surface area contributed by atoms with E-state index in [0.717, 1.165) is 49.5 Å². The van der Waals surface area contributed by atoms with Gasteiger partial charge in [-0.05, 0) is 36.6 Å². The number of carbonyl (C=O) groups excluding carboxylic acids is 1. The lowest BCUT2D eigenvalue weighted by atomic mass is 10.1. The Bertz CT molecular complexity index is 545. The van der Waals surface area contributed by atoms with Crippen LogP contribution in [0.15, 0.2) is 43.0 Å². The predicted octanol–water partition coefficient (Wildman–Crippen LogP) is 3.84. The first-order valence-electron chi connectivity index (χ1n) is 8.05. The Kier molecular flexibility index (Phi) is 9.69. The van der Waals surface area contributed by atoms with Gasteiger partial charge in [0.15, 0.2) is 0 Å². The van der Waals surface area contributed by atoms with E-state index in [9.17, 15) is 9.59 Å². The molecule has 0 aromatic heterocycles. The maximum atomic E-state index is 10.8. The summed E-state index contributed by atoms with van der Waals surface area (Å²) >= 11 is 0. The molecule has 1 aromatic carbocycles. The number of unbranched alkanes of at least 4 members (excludes halogenated alkanes) is 4. The quantitative estimate of drug-likeness (QED) is 0.358. The molecule has 0 unspecified atom stereocenters. The molecule has 0 amide bonds. The first-order chi connectivity index (χ1) is 11.6. The lowest BCUT2D eigenvalue weighted by Crippen LogP contribution is -2.01. The van der Waals surface area contributed by atoms with Crippen LogP contribution in [0.5, 0.6) is 5.75 Å². The van der Waals surface area contributed by atoms with Crippen LogP contribution in [0.2, 0.25) is 0 Å². The van der Waals surface area contributed by atoms with E-state index in [1.165, 1.54) is 6.08 Å². The standard InChI is InChI=1S/C19H24O5/c1-2-19(22)24-15-7-5-3-4-6-14-23-17-11-8-16(9-12-17)10-13-18(20)21/h2,8-13H,1,3-7,14-15H2,(H,20,21). The minimum Gasteiger partial charge on any atom is -0.494 e. The third-order valence-electron chi connectivity index (χ3n) is 3.27. The molecule has 0 aliphatic heterocycles. The van der Waals surface area contributed by atoms with E-state index < -0.39 is 5.97 Å². The number of carbonyl (C=O) groups is 2. The average Bonchev–Trinajstić information content (AvgIpc) is 2.59. The number of hydrogen-bond acceptors (Lipinski definition) is 4. The Morgan fingerprint density at radius 1 is 1.00 bits per heavy atom. The zero-order valence-electron chi connectivity index (χ0n) is 13.8. The molecule has 0 saturated heterocycles. The summed E-state index contributed by atoms with van der Waals surface area (Å²) < 4.78 is 10.5. The summed E-state index contributed by atoms with van der Waals surface area (Å²) in [7, 11) is 0. The summed E-state index contributed by atoms with van der Waals surface area (Å²) in [4.78, 5) is 21.3. The lowest BCUT2D eigenvalue weighted by Gasteiger charge is -2.06. The van der Waals surface area contributed by atoms with Crippen molar-refractivity contribution in [2.45, 2.75) is 32.1 Å². The molecule has 5 heteroatoms. The molecule has 0 atom stereocenters. The van der Waals surface area contributed by atoms with Crippen LogP contribution in [0.3, 0.4) is 0 Å². The molecular weight excluding hydrogens is 308 g/mol. The van der Waals surface area contributed by atoms with Gasteiger partial charge < -0.3 is 14.6 Å². The predicted molar refractivity (Wildman–Crippen MR) is 92.8 cm³/mol. The second-order valence-corrected chi connectivity index (χ2v) is 5.23. The highest BCUT2D eigenvalue weighted by Gasteiger charge is 1.97. The average molecular weight is 332 g/mol.